The largest absolute Gasteiger partial charge is 0.388 e. The Morgan fingerprint density at radius 2 is 1.95 bits per heavy atom. The van der Waals surface area contributed by atoms with Gasteiger partial charge in [0, 0.05) is 26.1 Å². The number of nitrogens with zero attached hydrogens (tertiary/aromatic N) is 2. The zero-order valence-electron chi connectivity index (χ0n) is 13.3. The van der Waals surface area contributed by atoms with Gasteiger partial charge in [-0.05, 0) is 25.7 Å². The molecule has 1 rings (SSSR count). The molecule has 1 heterocycles. The third-order valence-electron chi connectivity index (χ3n) is 3.00. The lowest BCUT2D eigenvalue weighted by molar-refractivity contribution is 0.0514. The van der Waals surface area contributed by atoms with E-state index >= 15 is 0 Å². The molecular weight excluding hydrogens is 252 g/mol. The van der Waals surface area contributed by atoms with Crippen LogP contribution in [0, 0.1) is 5.92 Å². The first-order chi connectivity index (χ1) is 9.36. The SMILES string of the molecule is CCCc1nc(NC)cc(NCC(C)(O)CC(C)C)n1. The van der Waals surface area contributed by atoms with E-state index < -0.39 is 5.60 Å². The summed E-state index contributed by atoms with van der Waals surface area (Å²) in [4.78, 5) is 8.89. The lowest BCUT2D eigenvalue weighted by atomic mass is 9.94. The molecule has 0 saturated heterocycles. The zero-order valence-corrected chi connectivity index (χ0v) is 13.3. The van der Waals surface area contributed by atoms with Crippen molar-refractivity contribution in [2.45, 2.75) is 52.6 Å². The maximum absolute atomic E-state index is 10.3. The molecule has 0 radical (unpaired) electrons. The smallest absolute Gasteiger partial charge is 0.133 e. The number of nitrogens with one attached hydrogen (secondary N) is 2. The molecule has 114 valence electrons. The van der Waals surface area contributed by atoms with E-state index in [9.17, 15) is 5.11 Å². The van der Waals surface area contributed by atoms with Crippen LogP contribution in [-0.4, -0.2) is 34.3 Å². The predicted octanol–water partition coefficient (Wildman–Crippen LogP) is 2.68. The first kappa shape index (κ1) is 16.7. The number of hydrogen-bond donors (Lipinski definition) is 3. The Balaban J connectivity index is 2.73. The lowest BCUT2D eigenvalue weighted by Gasteiger charge is -2.26. The van der Waals surface area contributed by atoms with E-state index in [2.05, 4.69) is 41.4 Å². The minimum Gasteiger partial charge on any atom is -0.388 e. The molecule has 0 amide bonds. The van der Waals surface area contributed by atoms with E-state index in [4.69, 9.17) is 0 Å². The zero-order chi connectivity index (χ0) is 15.2. The molecule has 1 aromatic heterocycles. The van der Waals surface area contributed by atoms with Crippen LogP contribution in [0.15, 0.2) is 6.07 Å². The Kier molecular flexibility index (Phi) is 6.20. The lowest BCUT2D eigenvalue weighted by Crippen LogP contribution is -2.35. The Morgan fingerprint density at radius 3 is 2.50 bits per heavy atom. The maximum atomic E-state index is 10.3. The summed E-state index contributed by atoms with van der Waals surface area (Å²) in [7, 11) is 1.84. The van der Waals surface area contributed by atoms with Crippen LogP contribution in [0.2, 0.25) is 0 Å². The molecule has 0 spiro atoms. The summed E-state index contributed by atoms with van der Waals surface area (Å²) in [6, 6.07) is 1.87. The topological polar surface area (TPSA) is 70.1 Å². The number of rotatable bonds is 8. The second-order valence-corrected chi connectivity index (χ2v) is 6.00. The number of aryl methyl sites for hydroxylation is 1. The van der Waals surface area contributed by atoms with Crippen LogP contribution in [0.5, 0.6) is 0 Å². The van der Waals surface area contributed by atoms with Gasteiger partial charge in [-0.1, -0.05) is 20.8 Å². The summed E-state index contributed by atoms with van der Waals surface area (Å²) in [5.41, 5.74) is -0.732. The molecular formula is C15H28N4O. The molecule has 0 aliphatic rings. The van der Waals surface area contributed by atoms with Crippen LogP contribution in [0.25, 0.3) is 0 Å². The Labute approximate surface area is 122 Å². The van der Waals surface area contributed by atoms with Crippen LogP contribution >= 0.6 is 0 Å². The molecule has 3 N–H and O–H groups in total. The van der Waals surface area contributed by atoms with Crippen molar-refractivity contribution in [2.24, 2.45) is 5.92 Å². The maximum Gasteiger partial charge on any atom is 0.133 e. The number of aromatic nitrogens is 2. The van der Waals surface area contributed by atoms with Crippen LogP contribution in [0.3, 0.4) is 0 Å². The van der Waals surface area contributed by atoms with Crippen molar-refractivity contribution in [3.05, 3.63) is 11.9 Å². The molecule has 0 aliphatic heterocycles. The van der Waals surface area contributed by atoms with Crippen molar-refractivity contribution >= 4 is 11.6 Å². The van der Waals surface area contributed by atoms with Crippen LogP contribution in [0.1, 0.15) is 46.4 Å². The molecule has 1 atom stereocenters. The number of aliphatic hydroxyl groups is 1. The molecule has 20 heavy (non-hydrogen) atoms. The average molecular weight is 280 g/mol. The second-order valence-electron chi connectivity index (χ2n) is 6.00. The van der Waals surface area contributed by atoms with Crippen molar-refractivity contribution in [1.82, 2.24) is 9.97 Å². The Bertz CT molecular complexity index is 418. The van der Waals surface area contributed by atoms with Crippen molar-refractivity contribution in [1.29, 1.82) is 0 Å². The molecule has 5 heteroatoms. The van der Waals surface area contributed by atoms with E-state index in [0.29, 0.717) is 12.5 Å². The van der Waals surface area contributed by atoms with Gasteiger partial charge in [0.15, 0.2) is 0 Å². The molecule has 0 bridgehead atoms. The summed E-state index contributed by atoms with van der Waals surface area (Å²) in [6.45, 7) is 8.66. The highest BCUT2D eigenvalue weighted by molar-refractivity contribution is 5.47. The Hall–Kier alpha value is -1.36. The third kappa shape index (κ3) is 5.74. The fourth-order valence-electron chi connectivity index (χ4n) is 2.28. The minimum absolute atomic E-state index is 0.459. The fourth-order valence-corrected chi connectivity index (χ4v) is 2.28. The van der Waals surface area contributed by atoms with E-state index in [1.54, 1.807) is 0 Å². The van der Waals surface area contributed by atoms with Crippen LogP contribution in [0.4, 0.5) is 11.6 Å². The van der Waals surface area contributed by atoms with Crippen LogP contribution < -0.4 is 10.6 Å². The van der Waals surface area contributed by atoms with E-state index in [-0.39, 0.29) is 0 Å². The Morgan fingerprint density at radius 1 is 1.30 bits per heavy atom. The molecule has 5 nitrogen and oxygen atoms in total. The molecule has 1 unspecified atom stereocenters. The summed E-state index contributed by atoms with van der Waals surface area (Å²) in [6.07, 6.45) is 2.62. The normalized spacial score (nSPS) is 14.2. The number of anilines is 2. The third-order valence-corrected chi connectivity index (χ3v) is 3.00. The minimum atomic E-state index is -0.732. The van der Waals surface area contributed by atoms with E-state index in [1.165, 1.54) is 0 Å². The number of hydrogen-bond acceptors (Lipinski definition) is 5. The van der Waals surface area contributed by atoms with E-state index in [0.717, 1.165) is 36.7 Å². The fraction of sp³-hybridized carbons (Fsp3) is 0.733. The van der Waals surface area contributed by atoms with Crippen LogP contribution in [-0.2, 0) is 6.42 Å². The molecule has 0 saturated carbocycles. The van der Waals surface area contributed by atoms with Crippen molar-refractivity contribution in [3.63, 3.8) is 0 Å². The molecule has 0 fully saturated rings. The predicted molar refractivity (Wildman–Crippen MR) is 84.1 cm³/mol. The quantitative estimate of drug-likeness (QED) is 0.683. The summed E-state index contributed by atoms with van der Waals surface area (Å²) in [5, 5.41) is 16.6. The molecule has 0 aromatic carbocycles. The van der Waals surface area contributed by atoms with Gasteiger partial charge >= 0.3 is 0 Å². The molecule has 0 aliphatic carbocycles. The van der Waals surface area contributed by atoms with Gasteiger partial charge in [0.2, 0.25) is 0 Å². The summed E-state index contributed by atoms with van der Waals surface area (Å²) < 4.78 is 0. The van der Waals surface area contributed by atoms with E-state index in [1.807, 2.05) is 20.0 Å². The first-order valence-electron chi connectivity index (χ1n) is 7.38. The van der Waals surface area contributed by atoms with Gasteiger partial charge in [0.25, 0.3) is 0 Å². The highest BCUT2D eigenvalue weighted by Crippen LogP contribution is 2.18. The highest BCUT2D eigenvalue weighted by atomic mass is 16.3. The van der Waals surface area contributed by atoms with Gasteiger partial charge in [-0.15, -0.1) is 0 Å². The second kappa shape index (κ2) is 7.43. The van der Waals surface area contributed by atoms with Gasteiger partial charge in [-0.2, -0.15) is 0 Å². The van der Waals surface area contributed by atoms with Crippen molar-refractivity contribution in [2.75, 3.05) is 24.2 Å². The van der Waals surface area contributed by atoms with Gasteiger partial charge < -0.3 is 15.7 Å². The average Bonchev–Trinajstić information content (AvgIpc) is 2.35. The monoisotopic (exact) mass is 280 g/mol. The molecule has 1 aromatic rings. The first-order valence-corrected chi connectivity index (χ1v) is 7.38. The standard InChI is InChI=1S/C15H28N4O/c1-6-7-12-18-13(16-5)8-14(19-12)17-10-15(4,20)9-11(2)3/h8,11,20H,6-7,9-10H2,1-5H3,(H2,16,17,18,19). The highest BCUT2D eigenvalue weighted by Gasteiger charge is 2.21. The van der Waals surface area contributed by atoms with Gasteiger partial charge in [0.1, 0.15) is 17.5 Å². The van der Waals surface area contributed by atoms with Crippen molar-refractivity contribution in [3.8, 4) is 0 Å². The summed E-state index contributed by atoms with van der Waals surface area (Å²) >= 11 is 0. The van der Waals surface area contributed by atoms with Gasteiger partial charge in [0.05, 0.1) is 5.60 Å². The van der Waals surface area contributed by atoms with Crippen molar-refractivity contribution < 1.29 is 5.11 Å². The summed E-state index contributed by atoms with van der Waals surface area (Å²) in [5.74, 6) is 2.84. The van der Waals surface area contributed by atoms with Gasteiger partial charge in [-0.3, -0.25) is 0 Å². The van der Waals surface area contributed by atoms with Gasteiger partial charge in [-0.25, -0.2) is 9.97 Å².